The quantitative estimate of drug-likeness (QED) is 0.681. The van der Waals surface area contributed by atoms with E-state index < -0.39 is 18.4 Å². The van der Waals surface area contributed by atoms with E-state index in [1.807, 2.05) is 5.43 Å². The van der Waals surface area contributed by atoms with Gasteiger partial charge in [0.1, 0.15) is 5.69 Å². The van der Waals surface area contributed by atoms with E-state index in [1.165, 1.54) is 7.05 Å². The fraction of sp³-hybridized carbons (Fsp3) is 0.273. The van der Waals surface area contributed by atoms with E-state index in [-0.39, 0.29) is 15.9 Å². The van der Waals surface area contributed by atoms with Gasteiger partial charge in [-0.3, -0.25) is 4.79 Å². The highest BCUT2D eigenvalue weighted by atomic mass is 19.3. The number of nitrogens with zero attached hydrogens (tertiary/aromatic N) is 5. The van der Waals surface area contributed by atoms with Gasteiger partial charge in [-0.15, -0.1) is 0 Å². The molecule has 0 radical (unpaired) electrons. The summed E-state index contributed by atoms with van der Waals surface area (Å²) < 4.78 is 39.9. The predicted octanol–water partition coefficient (Wildman–Crippen LogP) is 1.22. The highest BCUT2D eigenvalue weighted by molar-refractivity contribution is 5.93. The number of halogens is 3. The fourth-order valence-electron chi connectivity index (χ4n) is 1.66. The van der Waals surface area contributed by atoms with Crippen molar-refractivity contribution < 1.29 is 18.0 Å². The molecule has 21 heavy (non-hydrogen) atoms. The topological polar surface area (TPSA) is 77.1 Å². The number of aromatic nitrogens is 4. The number of carbonyl (C=O) groups is 1. The number of hydrazone groups is 1. The molecule has 2 aromatic rings. The maximum atomic E-state index is 13.6. The molecule has 2 rings (SSSR count). The van der Waals surface area contributed by atoms with Crippen LogP contribution >= 0.6 is 0 Å². The molecule has 7 nitrogen and oxygen atoms in total. The van der Waals surface area contributed by atoms with Gasteiger partial charge in [0.15, 0.2) is 0 Å². The summed E-state index contributed by atoms with van der Waals surface area (Å²) in [5, 5.41) is 10.7. The molecule has 0 aromatic carbocycles. The lowest BCUT2D eigenvalue weighted by Gasteiger charge is -2.03. The van der Waals surface area contributed by atoms with Crippen molar-refractivity contribution in [2.45, 2.75) is 13.5 Å². The minimum Gasteiger partial charge on any atom is -0.266 e. The van der Waals surface area contributed by atoms with Gasteiger partial charge in [0.25, 0.3) is 5.91 Å². The zero-order chi connectivity index (χ0) is 15.6. The largest absolute Gasteiger partial charge is 0.333 e. The molecule has 1 N–H and O–H groups in total. The summed E-state index contributed by atoms with van der Waals surface area (Å²) in [6.45, 7) is -1.37. The molecule has 0 saturated heterocycles. The van der Waals surface area contributed by atoms with Crippen molar-refractivity contribution >= 4 is 12.1 Å². The molecule has 0 unspecified atom stereocenters. The average Bonchev–Trinajstić information content (AvgIpc) is 2.99. The first kappa shape index (κ1) is 14.8. The third kappa shape index (κ3) is 2.93. The van der Waals surface area contributed by atoms with Gasteiger partial charge in [-0.25, -0.2) is 10.1 Å². The Bertz CT molecular complexity index is 690. The van der Waals surface area contributed by atoms with E-state index in [4.69, 9.17) is 0 Å². The summed E-state index contributed by atoms with van der Waals surface area (Å²) in [5.41, 5.74) is 2.15. The van der Waals surface area contributed by atoms with Crippen LogP contribution in [0.3, 0.4) is 0 Å². The lowest BCUT2D eigenvalue weighted by atomic mass is 10.3. The van der Waals surface area contributed by atoms with Crippen LogP contribution < -0.4 is 5.43 Å². The number of amides is 1. The lowest BCUT2D eigenvalue weighted by molar-refractivity contribution is 0.0510. The minimum absolute atomic E-state index is 0.0974. The second kappa shape index (κ2) is 5.77. The molecule has 0 bridgehead atoms. The Morgan fingerprint density at radius 3 is 2.81 bits per heavy atom. The molecule has 10 heteroatoms. The SMILES string of the molecule is Cc1nn(C)c(F)c1/C=N\NC(=O)c1ccnn1C(F)F. The average molecular weight is 300 g/mol. The number of hydrogen-bond donors (Lipinski definition) is 1. The number of hydrogen-bond acceptors (Lipinski definition) is 4. The Kier molecular flexibility index (Phi) is 4.05. The normalized spacial score (nSPS) is 11.5. The Balaban J connectivity index is 2.10. The molecular formula is C11H11F3N6O. The third-order valence-electron chi connectivity index (χ3n) is 2.64. The highest BCUT2D eigenvalue weighted by Crippen LogP contribution is 2.12. The van der Waals surface area contributed by atoms with Crippen molar-refractivity contribution in [3.05, 3.63) is 35.2 Å². The van der Waals surface area contributed by atoms with Crippen LogP contribution in [-0.2, 0) is 7.05 Å². The summed E-state index contributed by atoms with van der Waals surface area (Å²) >= 11 is 0. The van der Waals surface area contributed by atoms with Crippen LogP contribution in [0.2, 0.25) is 0 Å². The van der Waals surface area contributed by atoms with Crippen LogP contribution in [0.25, 0.3) is 0 Å². The molecule has 0 aliphatic rings. The van der Waals surface area contributed by atoms with Gasteiger partial charge in [0.2, 0.25) is 5.95 Å². The summed E-state index contributed by atoms with van der Waals surface area (Å²) in [6, 6.07) is 1.12. The molecular weight excluding hydrogens is 289 g/mol. The van der Waals surface area contributed by atoms with Crippen LogP contribution in [0, 0.1) is 12.9 Å². The Morgan fingerprint density at radius 2 is 2.24 bits per heavy atom. The molecule has 2 heterocycles. The summed E-state index contributed by atoms with van der Waals surface area (Å²) in [4.78, 5) is 11.7. The van der Waals surface area contributed by atoms with Gasteiger partial charge in [-0.05, 0) is 13.0 Å². The Hall–Kier alpha value is -2.65. The molecule has 0 fully saturated rings. The van der Waals surface area contributed by atoms with E-state index in [0.29, 0.717) is 5.69 Å². The standard InChI is InChI=1S/C11H11F3N6O/c1-6-7(9(12)19(2)18-6)5-15-17-10(21)8-3-4-16-20(8)11(13)14/h3-5,11H,1-2H3,(H,17,21)/b15-5-. The molecule has 0 saturated carbocycles. The van der Waals surface area contributed by atoms with Crippen molar-refractivity contribution in [2.24, 2.45) is 12.1 Å². The maximum Gasteiger partial charge on any atom is 0.333 e. The van der Waals surface area contributed by atoms with E-state index in [9.17, 15) is 18.0 Å². The fourth-order valence-corrected chi connectivity index (χ4v) is 1.66. The summed E-state index contributed by atoms with van der Waals surface area (Å²) in [7, 11) is 1.42. The minimum atomic E-state index is -2.94. The van der Waals surface area contributed by atoms with Gasteiger partial charge in [-0.1, -0.05) is 0 Å². The number of rotatable bonds is 4. The Labute approximate surface area is 117 Å². The monoisotopic (exact) mass is 300 g/mol. The number of carbonyl (C=O) groups excluding carboxylic acids is 1. The molecule has 0 atom stereocenters. The van der Waals surface area contributed by atoms with Crippen molar-refractivity contribution in [1.29, 1.82) is 0 Å². The Morgan fingerprint density at radius 1 is 1.52 bits per heavy atom. The summed E-state index contributed by atoms with van der Waals surface area (Å²) in [6.07, 6.45) is 2.12. The predicted molar refractivity (Wildman–Crippen MR) is 66.4 cm³/mol. The molecule has 0 aliphatic carbocycles. The molecule has 1 amide bonds. The van der Waals surface area contributed by atoms with Gasteiger partial charge >= 0.3 is 6.55 Å². The first-order valence-electron chi connectivity index (χ1n) is 5.76. The van der Waals surface area contributed by atoms with Crippen molar-refractivity contribution in [1.82, 2.24) is 25.0 Å². The van der Waals surface area contributed by atoms with Crippen LogP contribution in [0.4, 0.5) is 13.2 Å². The maximum absolute atomic E-state index is 13.6. The van der Waals surface area contributed by atoms with Gasteiger partial charge in [0, 0.05) is 13.2 Å². The smallest absolute Gasteiger partial charge is 0.266 e. The molecule has 0 aliphatic heterocycles. The van der Waals surface area contributed by atoms with Crippen molar-refractivity contribution in [3.8, 4) is 0 Å². The first-order chi connectivity index (χ1) is 9.91. The van der Waals surface area contributed by atoms with Crippen molar-refractivity contribution in [3.63, 3.8) is 0 Å². The van der Waals surface area contributed by atoms with Gasteiger partial charge in [0.05, 0.1) is 17.5 Å². The lowest BCUT2D eigenvalue weighted by Crippen LogP contribution is -2.22. The highest BCUT2D eigenvalue weighted by Gasteiger charge is 2.17. The zero-order valence-corrected chi connectivity index (χ0v) is 11.1. The van der Waals surface area contributed by atoms with Crippen LogP contribution in [-0.4, -0.2) is 31.7 Å². The third-order valence-corrected chi connectivity index (χ3v) is 2.64. The van der Waals surface area contributed by atoms with Crippen LogP contribution in [0.15, 0.2) is 17.4 Å². The molecule has 2 aromatic heterocycles. The van der Waals surface area contributed by atoms with E-state index in [0.717, 1.165) is 23.2 Å². The van der Waals surface area contributed by atoms with Gasteiger partial charge in [-0.2, -0.15) is 33.2 Å². The van der Waals surface area contributed by atoms with E-state index >= 15 is 0 Å². The molecule has 112 valence electrons. The van der Waals surface area contributed by atoms with E-state index in [1.54, 1.807) is 6.92 Å². The van der Waals surface area contributed by atoms with Crippen LogP contribution in [0.5, 0.6) is 0 Å². The first-order valence-corrected chi connectivity index (χ1v) is 5.76. The second-order valence-electron chi connectivity index (χ2n) is 4.05. The zero-order valence-electron chi connectivity index (χ0n) is 11.1. The van der Waals surface area contributed by atoms with Crippen molar-refractivity contribution in [2.75, 3.05) is 0 Å². The number of nitrogens with one attached hydrogen (secondary N) is 1. The number of alkyl halides is 2. The second-order valence-corrected chi connectivity index (χ2v) is 4.05. The van der Waals surface area contributed by atoms with Crippen LogP contribution in [0.1, 0.15) is 28.3 Å². The van der Waals surface area contributed by atoms with Gasteiger partial charge < -0.3 is 0 Å². The van der Waals surface area contributed by atoms with E-state index in [2.05, 4.69) is 15.3 Å². The number of aryl methyl sites for hydroxylation is 2. The summed E-state index contributed by atoms with van der Waals surface area (Å²) in [5.74, 6) is -1.51. The molecule has 0 spiro atoms.